The van der Waals surface area contributed by atoms with Crippen molar-refractivity contribution in [3.8, 4) is 0 Å². The Morgan fingerprint density at radius 3 is 2.67 bits per heavy atom. The minimum Gasteiger partial charge on any atom is -0.444 e. The molecule has 1 heterocycles. The molecule has 21 heavy (non-hydrogen) atoms. The minimum atomic E-state index is -0.470. The van der Waals surface area contributed by atoms with Crippen LogP contribution in [0.5, 0.6) is 0 Å². The summed E-state index contributed by atoms with van der Waals surface area (Å²) in [6, 6.07) is 8.11. The highest BCUT2D eigenvalue weighted by Gasteiger charge is 2.33. The molecule has 0 N–H and O–H groups in total. The first-order valence-corrected chi connectivity index (χ1v) is 8.06. The Balaban J connectivity index is 2.15. The van der Waals surface area contributed by atoms with Crippen LogP contribution in [0.2, 0.25) is 0 Å². The zero-order valence-corrected chi connectivity index (χ0v) is 14.7. The van der Waals surface area contributed by atoms with Crippen molar-refractivity contribution in [2.75, 3.05) is 18.5 Å². The third-order valence-electron chi connectivity index (χ3n) is 3.51. The van der Waals surface area contributed by atoms with Gasteiger partial charge in [-0.1, -0.05) is 12.1 Å². The number of rotatable bonds is 2. The van der Waals surface area contributed by atoms with E-state index < -0.39 is 5.60 Å². The molecule has 1 aromatic carbocycles. The minimum absolute atomic E-state index is 0.0403. The first-order chi connectivity index (χ1) is 9.79. The number of amides is 1. The van der Waals surface area contributed by atoms with Gasteiger partial charge in [0.25, 0.3) is 0 Å². The maximum atomic E-state index is 12.3. The fourth-order valence-electron chi connectivity index (χ4n) is 2.57. The van der Waals surface area contributed by atoms with Gasteiger partial charge in [0, 0.05) is 18.1 Å². The van der Waals surface area contributed by atoms with Gasteiger partial charge in [-0.05, 0) is 61.7 Å². The number of hydrogen-bond donors (Lipinski definition) is 0. The summed E-state index contributed by atoms with van der Waals surface area (Å²) in [5, 5.41) is 0. The second-order valence-corrected chi connectivity index (χ2v) is 7.21. The predicted molar refractivity (Wildman–Crippen MR) is 88.5 cm³/mol. The Hall–Kier alpha value is -1.23. The average Bonchev–Trinajstić information content (AvgIpc) is 2.85. The van der Waals surface area contributed by atoms with Gasteiger partial charge in [-0.2, -0.15) is 0 Å². The van der Waals surface area contributed by atoms with Gasteiger partial charge in [0.2, 0.25) is 0 Å². The molecule has 0 radical (unpaired) electrons. The predicted octanol–water partition coefficient (Wildman–Crippen LogP) is 4.24. The van der Waals surface area contributed by atoms with Crippen LogP contribution in [0, 0.1) is 0 Å². The number of anilines is 1. The number of para-hydroxylation sites is 1. The van der Waals surface area contributed by atoms with E-state index >= 15 is 0 Å². The Kier molecular flexibility index (Phi) is 4.81. The molecule has 0 aromatic heterocycles. The van der Waals surface area contributed by atoms with Gasteiger partial charge < -0.3 is 9.64 Å². The highest BCUT2D eigenvalue weighted by Crippen LogP contribution is 2.33. The molecule has 1 aliphatic heterocycles. The molecule has 1 fully saturated rings. The number of hydrogen-bond acceptors (Lipinski definition) is 3. The third-order valence-corrected chi connectivity index (χ3v) is 4.18. The molecule has 5 heteroatoms. The van der Waals surface area contributed by atoms with Gasteiger partial charge in [-0.15, -0.1) is 0 Å². The second-order valence-electron chi connectivity index (χ2n) is 6.36. The largest absolute Gasteiger partial charge is 0.444 e. The van der Waals surface area contributed by atoms with E-state index in [1.807, 2.05) is 46.0 Å². The molecule has 116 valence electrons. The molecule has 1 aliphatic rings. The van der Waals surface area contributed by atoms with Crippen LogP contribution >= 0.6 is 15.9 Å². The van der Waals surface area contributed by atoms with Crippen LogP contribution in [0.15, 0.2) is 28.7 Å². The molecule has 2 rings (SSSR count). The molecule has 1 unspecified atom stereocenters. The van der Waals surface area contributed by atoms with Crippen molar-refractivity contribution in [1.29, 1.82) is 0 Å². The fourth-order valence-corrected chi connectivity index (χ4v) is 3.09. The smallest absolute Gasteiger partial charge is 0.411 e. The number of halogens is 1. The molecule has 4 nitrogen and oxygen atoms in total. The van der Waals surface area contributed by atoms with Gasteiger partial charge >= 0.3 is 6.09 Å². The Labute approximate surface area is 135 Å². The lowest BCUT2D eigenvalue weighted by Gasteiger charge is -2.35. The monoisotopic (exact) mass is 354 g/mol. The Morgan fingerprint density at radius 1 is 1.38 bits per heavy atom. The van der Waals surface area contributed by atoms with Crippen LogP contribution < -0.4 is 4.90 Å². The van der Waals surface area contributed by atoms with Crippen molar-refractivity contribution in [3.63, 3.8) is 0 Å². The summed E-state index contributed by atoms with van der Waals surface area (Å²) in [6.07, 6.45) is 1.79. The fraction of sp³-hybridized carbons (Fsp3) is 0.562. The Bertz CT molecular complexity index is 513. The van der Waals surface area contributed by atoms with E-state index in [0.717, 1.165) is 29.5 Å². The molecule has 1 atom stereocenters. The van der Waals surface area contributed by atoms with Gasteiger partial charge in [-0.25, -0.2) is 4.79 Å². The Morgan fingerprint density at radius 2 is 2.05 bits per heavy atom. The molecular formula is C16H23BrN2O2. The number of benzene rings is 1. The van der Waals surface area contributed by atoms with Gasteiger partial charge in [0.1, 0.15) is 11.8 Å². The molecule has 1 amide bonds. The zero-order chi connectivity index (χ0) is 15.6. The van der Waals surface area contributed by atoms with Crippen LogP contribution in [-0.4, -0.2) is 36.4 Å². The molecule has 0 saturated carbocycles. The van der Waals surface area contributed by atoms with E-state index in [4.69, 9.17) is 4.74 Å². The first kappa shape index (κ1) is 16.1. The molecule has 1 saturated heterocycles. The summed E-state index contributed by atoms with van der Waals surface area (Å²) in [5.74, 6) is 0. The lowest BCUT2D eigenvalue weighted by Crippen LogP contribution is -2.47. The third kappa shape index (κ3) is 3.90. The first-order valence-electron chi connectivity index (χ1n) is 7.26. The summed E-state index contributed by atoms with van der Waals surface area (Å²) < 4.78 is 6.53. The molecule has 1 aromatic rings. The lowest BCUT2D eigenvalue weighted by atomic mass is 10.2. The van der Waals surface area contributed by atoms with Crippen molar-refractivity contribution in [2.45, 2.75) is 45.4 Å². The van der Waals surface area contributed by atoms with E-state index in [-0.39, 0.29) is 12.3 Å². The van der Waals surface area contributed by atoms with E-state index in [9.17, 15) is 4.79 Å². The van der Waals surface area contributed by atoms with E-state index in [1.165, 1.54) is 0 Å². The van der Waals surface area contributed by atoms with Crippen molar-refractivity contribution >= 4 is 27.7 Å². The van der Waals surface area contributed by atoms with Crippen molar-refractivity contribution in [2.24, 2.45) is 0 Å². The molecule has 0 spiro atoms. The second kappa shape index (κ2) is 6.26. The van der Waals surface area contributed by atoms with Gasteiger partial charge in [-0.3, -0.25) is 4.90 Å². The van der Waals surface area contributed by atoms with E-state index in [2.05, 4.69) is 26.9 Å². The normalized spacial score (nSPS) is 18.7. The van der Waals surface area contributed by atoms with Crippen molar-refractivity contribution in [3.05, 3.63) is 28.7 Å². The molecule has 0 bridgehead atoms. The molecular weight excluding hydrogens is 332 g/mol. The summed E-state index contributed by atoms with van der Waals surface area (Å²) in [5.41, 5.74) is 0.651. The van der Waals surface area contributed by atoms with E-state index in [1.54, 1.807) is 4.90 Å². The van der Waals surface area contributed by atoms with E-state index in [0.29, 0.717) is 0 Å². The van der Waals surface area contributed by atoms with Crippen LogP contribution in [0.4, 0.5) is 10.5 Å². The number of carbonyl (C=O) groups excluding carboxylic acids is 1. The number of ether oxygens (including phenoxy) is 1. The van der Waals surface area contributed by atoms with Crippen LogP contribution in [0.1, 0.15) is 33.6 Å². The quantitative estimate of drug-likeness (QED) is 0.795. The van der Waals surface area contributed by atoms with Crippen LogP contribution in [0.25, 0.3) is 0 Å². The van der Waals surface area contributed by atoms with Gasteiger partial charge in [0.05, 0.1) is 5.69 Å². The summed E-state index contributed by atoms with van der Waals surface area (Å²) >= 11 is 3.59. The zero-order valence-electron chi connectivity index (χ0n) is 13.1. The standard InChI is InChI=1S/C16H23BrN2O2/c1-16(2,3)21-15(20)18(4)14-10-7-11-19(14)13-9-6-5-8-12(13)17/h5-6,8-9,14H,7,10-11H2,1-4H3. The van der Waals surface area contributed by atoms with Crippen molar-refractivity contribution in [1.82, 2.24) is 4.90 Å². The lowest BCUT2D eigenvalue weighted by molar-refractivity contribution is 0.0229. The maximum Gasteiger partial charge on any atom is 0.411 e. The maximum absolute atomic E-state index is 12.3. The average molecular weight is 355 g/mol. The van der Waals surface area contributed by atoms with Gasteiger partial charge in [0.15, 0.2) is 0 Å². The van der Waals surface area contributed by atoms with Crippen LogP contribution in [-0.2, 0) is 4.74 Å². The summed E-state index contributed by atoms with van der Waals surface area (Å²) in [4.78, 5) is 16.2. The highest BCUT2D eigenvalue weighted by molar-refractivity contribution is 9.10. The number of nitrogens with zero attached hydrogens (tertiary/aromatic N) is 2. The highest BCUT2D eigenvalue weighted by atomic mass is 79.9. The summed E-state index contributed by atoms with van der Waals surface area (Å²) in [7, 11) is 1.81. The van der Waals surface area contributed by atoms with Crippen molar-refractivity contribution < 1.29 is 9.53 Å². The van der Waals surface area contributed by atoms with Crippen LogP contribution in [0.3, 0.4) is 0 Å². The molecule has 0 aliphatic carbocycles. The SMILES string of the molecule is CN(C(=O)OC(C)(C)C)C1CCCN1c1ccccc1Br. The number of carbonyl (C=O) groups is 1. The summed E-state index contributed by atoms with van der Waals surface area (Å²) in [6.45, 7) is 6.61. The topological polar surface area (TPSA) is 32.8 Å².